The Balaban J connectivity index is 1.63. The van der Waals surface area contributed by atoms with Crippen LogP contribution in [0.2, 0.25) is 0 Å². The van der Waals surface area contributed by atoms with Gasteiger partial charge in [-0.1, -0.05) is 12.1 Å². The lowest BCUT2D eigenvalue weighted by molar-refractivity contribution is 0.180. The predicted octanol–water partition coefficient (Wildman–Crippen LogP) is 2.71. The maximum absolute atomic E-state index is 10.5. The molecule has 0 bridgehead atoms. The summed E-state index contributed by atoms with van der Waals surface area (Å²) in [6.45, 7) is 5.86. The van der Waals surface area contributed by atoms with Crippen molar-refractivity contribution in [1.82, 2.24) is 15.5 Å². The number of hydrogen-bond acceptors (Lipinski definition) is 5. The molecule has 1 aromatic heterocycles. The van der Waals surface area contributed by atoms with Crippen molar-refractivity contribution in [3.8, 4) is 5.75 Å². The Labute approximate surface area is 172 Å². The highest BCUT2D eigenvalue weighted by atomic mass is 16.5. The molecule has 0 amide bonds. The first-order valence-electron chi connectivity index (χ1n) is 10.3. The zero-order valence-corrected chi connectivity index (χ0v) is 17.3. The Morgan fingerprint density at radius 3 is 2.76 bits per heavy atom. The molecular formula is C22H32N4O3. The van der Waals surface area contributed by atoms with E-state index in [4.69, 9.17) is 14.1 Å². The number of aliphatic hydroxyl groups excluding tert-OH is 1. The molecule has 1 aliphatic rings. The summed E-state index contributed by atoms with van der Waals surface area (Å²) in [7, 11) is 1.62. The minimum atomic E-state index is -0.659. The number of ether oxygens (including phenoxy) is 1. The Morgan fingerprint density at radius 2 is 2.07 bits per heavy atom. The molecule has 1 saturated heterocycles. The number of aliphatic hydroxyl groups is 1. The largest absolute Gasteiger partial charge is 0.497 e. The number of rotatable bonds is 9. The molecule has 0 spiro atoms. The topological polar surface area (TPSA) is 82.3 Å². The summed E-state index contributed by atoms with van der Waals surface area (Å²) in [5, 5.41) is 17.0. The predicted molar refractivity (Wildman–Crippen MR) is 114 cm³/mol. The van der Waals surface area contributed by atoms with Gasteiger partial charge in [-0.25, -0.2) is 0 Å². The second-order valence-electron chi connectivity index (χ2n) is 7.17. The molecule has 29 heavy (non-hydrogen) atoms. The second kappa shape index (κ2) is 10.9. The first-order chi connectivity index (χ1) is 14.2. The van der Waals surface area contributed by atoms with E-state index >= 15 is 0 Å². The van der Waals surface area contributed by atoms with Crippen LogP contribution in [0, 0.1) is 0 Å². The molecule has 158 valence electrons. The van der Waals surface area contributed by atoms with Gasteiger partial charge in [-0.2, -0.15) is 0 Å². The molecule has 2 aromatic rings. The van der Waals surface area contributed by atoms with E-state index in [1.165, 1.54) is 12.8 Å². The Kier molecular flexibility index (Phi) is 7.95. The summed E-state index contributed by atoms with van der Waals surface area (Å²) in [4.78, 5) is 7.20. The van der Waals surface area contributed by atoms with E-state index in [1.54, 1.807) is 13.4 Å². The number of likely N-dealkylation sites (tertiary alicyclic amines) is 1. The van der Waals surface area contributed by atoms with Crippen LogP contribution in [0.25, 0.3) is 0 Å². The van der Waals surface area contributed by atoms with Crippen LogP contribution in [0.3, 0.4) is 0 Å². The standard InChI is InChI=1S/C22H32N4O3/c1-3-23-22(25-16-20(27)17-8-6-9-18(14-17)28-2)24-15-19(21-10-7-13-29-21)26-11-4-5-12-26/h6-10,13-14,19-20,27H,3-5,11-12,15-16H2,1-2H3,(H2,23,24,25). The monoisotopic (exact) mass is 400 g/mol. The molecule has 7 heteroatoms. The van der Waals surface area contributed by atoms with Gasteiger partial charge < -0.3 is 24.9 Å². The number of furan rings is 1. The lowest BCUT2D eigenvalue weighted by Crippen LogP contribution is -2.40. The van der Waals surface area contributed by atoms with Crippen molar-refractivity contribution in [3.05, 3.63) is 54.0 Å². The van der Waals surface area contributed by atoms with Crippen LogP contribution in [0.15, 0.2) is 52.1 Å². The van der Waals surface area contributed by atoms with Crippen LogP contribution < -0.4 is 15.4 Å². The van der Waals surface area contributed by atoms with Gasteiger partial charge in [0.25, 0.3) is 0 Å². The fourth-order valence-electron chi connectivity index (χ4n) is 3.60. The number of nitrogens with one attached hydrogen (secondary N) is 2. The van der Waals surface area contributed by atoms with E-state index in [0.29, 0.717) is 19.0 Å². The third kappa shape index (κ3) is 5.98. The average molecular weight is 401 g/mol. The third-order valence-electron chi connectivity index (χ3n) is 5.16. The highest BCUT2D eigenvalue weighted by Crippen LogP contribution is 2.25. The van der Waals surface area contributed by atoms with Crippen LogP contribution in [-0.2, 0) is 0 Å². The molecule has 7 nitrogen and oxygen atoms in total. The first-order valence-corrected chi connectivity index (χ1v) is 10.3. The Morgan fingerprint density at radius 1 is 1.24 bits per heavy atom. The highest BCUT2D eigenvalue weighted by molar-refractivity contribution is 5.79. The van der Waals surface area contributed by atoms with E-state index in [9.17, 15) is 5.11 Å². The van der Waals surface area contributed by atoms with Crippen molar-refractivity contribution in [3.63, 3.8) is 0 Å². The van der Waals surface area contributed by atoms with Gasteiger partial charge in [0.05, 0.1) is 32.1 Å². The van der Waals surface area contributed by atoms with E-state index < -0.39 is 6.10 Å². The maximum Gasteiger partial charge on any atom is 0.191 e. The van der Waals surface area contributed by atoms with Gasteiger partial charge in [-0.05, 0) is 62.7 Å². The van der Waals surface area contributed by atoms with E-state index in [0.717, 1.165) is 36.7 Å². The van der Waals surface area contributed by atoms with Gasteiger partial charge in [0.15, 0.2) is 5.96 Å². The molecular weight excluding hydrogens is 368 g/mol. The average Bonchev–Trinajstić information content (AvgIpc) is 3.47. The van der Waals surface area contributed by atoms with Gasteiger partial charge in [0, 0.05) is 13.1 Å². The van der Waals surface area contributed by atoms with Crippen molar-refractivity contribution < 1.29 is 14.3 Å². The van der Waals surface area contributed by atoms with Gasteiger partial charge in [-0.15, -0.1) is 0 Å². The SMILES string of the molecule is CCNC(=NCC(c1ccco1)N1CCCC1)NCC(O)c1cccc(OC)c1. The Hall–Kier alpha value is -2.51. The molecule has 0 radical (unpaired) electrons. The molecule has 1 aromatic carbocycles. The minimum Gasteiger partial charge on any atom is -0.497 e. The molecule has 0 saturated carbocycles. The van der Waals surface area contributed by atoms with Crippen molar-refractivity contribution in [2.45, 2.75) is 31.9 Å². The maximum atomic E-state index is 10.5. The summed E-state index contributed by atoms with van der Waals surface area (Å²) in [6, 6.07) is 11.5. The van der Waals surface area contributed by atoms with Crippen molar-refractivity contribution in [2.24, 2.45) is 4.99 Å². The molecule has 2 unspecified atom stereocenters. The smallest absolute Gasteiger partial charge is 0.191 e. The molecule has 2 heterocycles. The zero-order chi connectivity index (χ0) is 20.5. The van der Waals surface area contributed by atoms with E-state index in [2.05, 4.69) is 15.5 Å². The molecule has 0 aliphatic carbocycles. The molecule has 3 N–H and O–H groups in total. The second-order valence-corrected chi connectivity index (χ2v) is 7.17. The summed E-state index contributed by atoms with van der Waals surface area (Å²) in [5.41, 5.74) is 0.804. The lowest BCUT2D eigenvalue weighted by atomic mass is 10.1. The number of hydrogen-bond donors (Lipinski definition) is 3. The molecule has 2 atom stereocenters. The normalized spacial score (nSPS) is 17.1. The quantitative estimate of drug-likeness (QED) is 0.444. The van der Waals surface area contributed by atoms with Crippen LogP contribution in [0.1, 0.15) is 43.2 Å². The van der Waals surface area contributed by atoms with Crippen LogP contribution in [0.4, 0.5) is 0 Å². The van der Waals surface area contributed by atoms with Crippen LogP contribution in [-0.4, -0.2) is 55.8 Å². The number of methoxy groups -OCH3 is 1. The van der Waals surface area contributed by atoms with Gasteiger partial charge in [0.2, 0.25) is 0 Å². The zero-order valence-electron chi connectivity index (χ0n) is 17.3. The van der Waals surface area contributed by atoms with Gasteiger partial charge in [0.1, 0.15) is 11.5 Å². The number of aliphatic imine (C=N–C) groups is 1. The number of benzene rings is 1. The number of guanidine groups is 1. The van der Waals surface area contributed by atoms with E-state index in [1.807, 2.05) is 43.3 Å². The van der Waals surface area contributed by atoms with Crippen molar-refractivity contribution in [1.29, 1.82) is 0 Å². The lowest BCUT2D eigenvalue weighted by Gasteiger charge is -2.25. The third-order valence-corrected chi connectivity index (χ3v) is 5.16. The molecule has 1 aliphatic heterocycles. The van der Waals surface area contributed by atoms with Crippen molar-refractivity contribution in [2.75, 3.05) is 39.8 Å². The van der Waals surface area contributed by atoms with E-state index in [-0.39, 0.29) is 6.04 Å². The Bertz CT molecular complexity index is 757. The van der Waals surface area contributed by atoms with Crippen LogP contribution >= 0.6 is 0 Å². The fourth-order valence-corrected chi connectivity index (χ4v) is 3.60. The fraction of sp³-hybridized carbons (Fsp3) is 0.500. The highest BCUT2D eigenvalue weighted by Gasteiger charge is 2.25. The molecule has 1 fully saturated rings. The number of nitrogens with zero attached hydrogens (tertiary/aromatic N) is 2. The summed E-state index contributed by atoms with van der Waals surface area (Å²) in [5.74, 6) is 2.36. The van der Waals surface area contributed by atoms with Gasteiger partial charge in [-0.3, -0.25) is 9.89 Å². The van der Waals surface area contributed by atoms with Crippen LogP contribution in [0.5, 0.6) is 5.75 Å². The first kappa shape index (κ1) is 21.2. The summed E-state index contributed by atoms with van der Waals surface area (Å²) >= 11 is 0. The van der Waals surface area contributed by atoms with Crippen molar-refractivity contribution >= 4 is 5.96 Å². The summed E-state index contributed by atoms with van der Waals surface area (Å²) in [6.07, 6.45) is 3.49. The molecule has 3 rings (SSSR count). The minimum absolute atomic E-state index is 0.131. The summed E-state index contributed by atoms with van der Waals surface area (Å²) < 4.78 is 10.9. The van der Waals surface area contributed by atoms with Gasteiger partial charge >= 0.3 is 0 Å².